The fourth-order valence-corrected chi connectivity index (χ4v) is 1.90. The zero-order valence-electron chi connectivity index (χ0n) is 9.76. The molecule has 1 nitrogen and oxygen atoms in total. The van der Waals surface area contributed by atoms with Gasteiger partial charge in [0.05, 0.1) is 11.6 Å². The van der Waals surface area contributed by atoms with Crippen LogP contribution in [0.25, 0.3) is 0 Å². The molecule has 1 aliphatic rings. The number of hydrogen-bond donors (Lipinski definition) is 0. The van der Waals surface area contributed by atoms with Gasteiger partial charge in [0.2, 0.25) is 0 Å². The average Bonchev–Trinajstić information content (AvgIpc) is 2.57. The van der Waals surface area contributed by atoms with Crippen LogP contribution in [0.4, 0.5) is 0 Å². The first-order valence-electron chi connectivity index (χ1n) is 5.43. The Bertz CT molecular complexity index is 516. The molecule has 0 amide bonds. The van der Waals surface area contributed by atoms with E-state index < -0.39 is 0 Å². The normalized spacial score (nSPS) is 13.2. The lowest BCUT2D eigenvalue weighted by molar-refractivity contribution is 0.866. The smallest absolute Gasteiger partial charge is 0.0650 e. The van der Waals surface area contributed by atoms with Crippen LogP contribution in [0.1, 0.15) is 37.5 Å². The van der Waals surface area contributed by atoms with Gasteiger partial charge in [-0.3, -0.25) is 4.99 Å². The predicted molar refractivity (Wildman–Crippen MR) is 69.1 cm³/mol. The van der Waals surface area contributed by atoms with E-state index in [0.717, 1.165) is 22.8 Å². The zero-order chi connectivity index (χ0) is 11.7. The highest BCUT2D eigenvalue weighted by atomic mass is 35.5. The van der Waals surface area contributed by atoms with Crippen LogP contribution in [0.5, 0.6) is 0 Å². The number of aliphatic imine (C=N–C) groups is 1. The maximum atomic E-state index is 6.20. The van der Waals surface area contributed by atoms with Crippen LogP contribution in [-0.2, 0) is 6.54 Å². The second-order valence-electron chi connectivity index (χ2n) is 4.31. The van der Waals surface area contributed by atoms with Crippen molar-refractivity contribution in [3.05, 3.63) is 33.8 Å². The summed E-state index contributed by atoms with van der Waals surface area (Å²) in [6.07, 6.45) is 0. The Labute approximate surface area is 102 Å². The summed E-state index contributed by atoms with van der Waals surface area (Å²) in [5, 5.41) is 0.725. The summed E-state index contributed by atoms with van der Waals surface area (Å²) in [5.41, 5.74) is 4.38. The third kappa shape index (κ3) is 2.13. The fraction of sp³-hybridized carbons (Fsp3) is 0.357. The van der Waals surface area contributed by atoms with Crippen molar-refractivity contribution >= 4 is 17.3 Å². The molecule has 82 valence electrons. The molecule has 1 heterocycles. The van der Waals surface area contributed by atoms with Crippen molar-refractivity contribution in [2.75, 3.05) is 0 Å². The van der Waals surface area contributed by atoms with Gasteiger partial charge >= 0.3 is 0 Å². The summed E-state index contributed by atoms with van der Waals surface area (Å²) in [6.45, 7) is 6.92. The van der Waals surface area contributed by atoms with E-state index in [1.807, 2.05) is 13.0 Å². The second-order valence-corrected chi connectivity index (χ2v) is 4.72. The van der Waals surface area contributed by atoms with E-state index >= 15 is 0 Å². The van der Waals surface area contributed by atoms with Crippen molar-refractivity contribution < 1.29 is 0 Å². The van der Waals surface area contributed by atoms with E-state index in [9.17, 15) is 0 Å². The SMILES string of the molecule is CC1=NCc2cc(C#CC(C)C)c(Cl)cc21. The number of fused-ring (bicyclic) bond motifs is 1. The third-order valence-electron chi connectivity index (χ3n) is 2.56. The molecule has 16 heavy (non-hydrogen) atoms. The van der Waals surface area contributed by atoms with Crippen LogP contribution in [0.15, 0.2) is 17.1 Å². The largest absolute Gasteiger partial charge is 0.285 e. The molecule has 1 aromatic carbocycles. The van der Waals surface area contributed by atoms with Crippen molar-refractivity contribution in [2.24, 2.45) is 10.9 Å². The molecule has 0 unspecified atom stereocenters. The molecule has 0 radical (unpaired) electrons. The van der Waals surface area contributed by atoms with Crippen molar-refractivity contribution in [1.29, 1.82) is 0 Å². The first kappa shape index (κ1) is 11.2. The van der Waals surface area contributed by atoms with E-state index in [4.69, 9.17) is 11.6 Å². The molecule has 0 spiro atoms. The van der Waals surface area contributed by atoms with Gasteiger partial charge in [-0.05, 0) is 24.6 Å². The summed E-state index contributed by atoms with van der Waals surface area (Å²) in [7, 11) is 0. The average molecular weight is 232 g/mol. The lowest BCUT2D eigenvalue weighted by atomic mass is 10.0. The second kappa shape index (κ2) is 4.31. The van der Waals surface area contributed by atoms with Crippen LogP contribution in [0, 0.1) is 17.8 Å². The fourth-order valence-electron chi connectivity index (χ4n) is 1.69. The van der Waals surface area contributed by atoms with E-state index in [1.165, 1.54) is 11.1 Å². The Morgan fingerprint density at radius 2 is 2.12 bits per heavy atom. The minimum Gasteiger partial charge on any atom is -0.285 e. The molecule has 1 aliphatic heterocycles. The summed E-state index contributed by atoms with van der Waals surface area (Å²) >= 11 is 6.20. The standard InChI is InChI=1S/C14H14ClN/c1-9(2)4-5-11-6-12-8-16-10(3)13(12)7-14(11)15/h6-7,9H,8H2,1-3H3. The van der Waals surface area contributed by atoms with E-state index in [1.54, 1.807) is 0 Å². The Morgan fingerprint density at radius 1 is 1.38 bits per heavy atom. The van der Waals surface area contributed by atoms with Gasteiger partial charge in [0, 0.05) is 22.8 Å². The predicted octanol–water partition coefficient (Wildman–Crippen LogP) is 3.67. The third-order valence-corrected chi connectivity index (χ3v) is 2.88. The molecular formula is C14H14ClN. The Morgan fingerprint density at radius 3 is 2.81 bits per heavy atom. The number of nitrogens with zero attached hydrogens (tertiary/aromatic N) is 1. The summed E-state index contributed by atoms with van der Waals surface area (Å²) in [4.78, 5) is 4.39. The zero-order valence-corrected chi connectivity index (χ0v) is 10.5. The molecule has 2 heteroatoms. The molecule has 0 saturated heterocycles. The minimum absolute atomic E-state index is 0.363. The van der Waals surface area contributed by atoms with Crippen LogP contribution in [0.2, 0.25) is 5.02 Å². The van der Waals surface area contributed by atoms with E-state index in [-0.39, 0.29) is 0 Å². The van der Waals surface area contributed by atoms with Gasteiger partial charge in [-0.25, -0.2) is 0 Å². The summed E-state index contributed by atoms with van der Waals surface area (Å²) < 4.78 is 0. The highest BCUT2D eigenvalue weighted by molar-refractivity contribution is 6.32. The molecule has 0 N–H and O–H groups in total. The van der Waals surface area contributed by atoms with Gasteiger partial charge in [0.15, 0.2) is 0 Å². The van der Waals surface area contributed by atoms with Crippen molar-refractivity contribution in [3.63, 3.8) is 0 Å². The van der Waals surface area contributed by atoms with E-state index in [0.29, 0.717) is 5.92 Å². The topological polar surface area (TPSA) is 12.4 Å². The Balaban J connectivity index is 2.43. The Hall–Kier alpha value is -1.26. The quantitative estimate of drug-likeness (QED) is 0.604. The number of rotatable bonds is 0. The van der Waals surface area contributed by atoms with Gasteiger partial charge in [0.1, 0.15) is 0 Å². The van der Waals surface area contributed by atoms with Crippen LogP contribution in [0.3, 0.4) is 0 Å². The molecule has 1 aromatic rings. The van der Waals surface area contributed by atoms with Crippen LogP contribution >= 0.6 is 11.6 Å². The molecule has 0 fully saturated rings. The highest BCUT2D eigenvalue weighted by Gasteiger charge is 2.14. The van der Waals surface area contributed by atoms with Crippen molar-refractivity contribution in [3.8, 4) is 11.8 Å². The van der Waals surface area contributed by atoms with Crippen molar-refractivity contribution in [2.45, 2.75) is 27.3 Å². The first-order chi connectivity index (χ1) is 7.58. The van der Waals surface area contributed by atoms with Gasteiger partial charge in [-0.2, -0.15) is 0 Å². The van der Waals surface area contributed by atoms with E-state index in [2.05, 4.69) is 36.7 Å². The molecule has 0 atom stereocenters. The molecule has 0 aliphatic carbocycles. The monoisotopic (exact) mass is 231 g/mol. The van der Waals surface area contributed by atoms with Gasteiger partial charge in [-0.1, -0.05) is 37.3 Å². The number of benzene rings is 1. The number of halogens is 1. The van der Waals surface area contributed by atoms with Gasteiger partial charge in [0.25, 0.3) is 0 Å². The highest BCUT2D eigenvalue weighted by Crippen LogP contribution is 2.26. The first-order valence-corrected chi connectivity index (χ1v) is 5.81. The lowest BCUT2D eigenvalue weighted by Gasteiger charge is -2.03. The summed E-state index contributed by atoms with van der Waals surface area (Å²) in [5.74, 6) is 6.62. The Kier molecular flexibility index (Phi) is 3.03. The minimum atomic E-state index is 0.363. The molecule has 2 rings (SSSR count). The maximum Gasteiger partial charge on any atom is 0.0650 e. The molecule has 0 saturated carbocycles. The summed E-state index contributed by atoms with van der Waals surface area (Å²) in [6, 6.07) is 4.04. The van der Waals surface area contributed by atoms with Crippen LogP contribution in [-0.4, -0.2) is 5.71 Å². The van der Waals surface area contributed by atoms with Gasteiger partial charge in [-0.15, -0.1) is 0 Å². The molecule has 0 aromatic heterocycles. The van der Waals surface area contributed by atoms with Crippen LogP contribution < -0.4 is 0 Å². The van der Waals surface area contributed by atoms with Crippen molar-refractivity contribution in [1.82, 2.24) is 0 Å². The lowest BCUT2D eigenvalue weighted by Crippen LogP contribution is -1.93. The molecular weight excluding hydrogens is 218 g/mol. The number of hydrogen-bond acceptors (Lipinski definition) is 1. The van der Waals surface area contributed by atoms with Gasteiger partial charge < -0.3 is 0 Å². The maximum absolute atomic E-state index is 6.20. The molecule has 0 bridgehead atoms.